The van der Waals surface area contributed by atoms with E-state index in [2.05, 4.69) is 159 Å². The van der Waals surface area contributed by atoms with E-state index in [-0.39, 0.29) is 23.3 Å². The van der Waals surface area contributed by atoms with Crippen LogP contribution in [0, 0.1) is 51.0 Å². The van der Waals surface area contributed by atoms with Crippen LogP contribution in [0.1, 0.15) is 22.3 Å². The molecule has 0 fully saturated rings. The molecule has 0 radical (unpaired) electrons. The summed E-state index contributed by atoms with van der Waals surface area (Å²) in [5.41, 5.74) is 17.0. The molecule has 0 unspecified atom stereocenters. The van der Waals surface area contributed by atoms with Crippen LogP contribution in [0.3, 0.4) is 0 Å². The first-order valence-corrected chi connectivity index (χ1v) is 24.7. The monoisotopic (exact) mass is 968 g/mol. The molecule has 0 saturated carbocycles. The molecule has 0 bridgehead atoms. The molecule has 0 saturated heterocycles. The summed E-state index contributed by atoms with van der Waals surface area (Å²) in [6, 6.07) is 69.7. The van der Waals surface area contributed by atoms with Gasteiger partial charge in [-0.3, -0.25) is 0 Å². The minimum Gasteiger partial charge on any atom is -0.310 e. The Kier molecular flexibility index (Phi) is 11.6. The predicted molar refractivity (Wildman–Crippen MR) is 300 cm³/mol. The highest BCUT2D eigenvalue weighted by Gasteiger charge is 2.24. The topological polar surface area (TPSA) is 6.48 Å². The Morgan fingerprint density at radius 1 is 0.243 bits per heavy atom. The third-order valence-corrected chi connectivity index (χ3v) is 14.1. The molecule has 2 nitrogen and oxygen atoms in total. The zero-order valence-electron chi connectivity index (χ0n) is 41.2. The largest absolute Gasteiger partial charge is 0.310 e. The lowest BCUT2D eigenvalue weighted by Crippen LogP contribution is -2.12. The van der Waals surface area contributed by atoms with E-state index < -0.39 is 0 Å². The third kappa shape index (κ3) is 8.68. The first kappa shape index (κ1) is 46.1. The number of halogens is 4. The van der Waals surface area contributed by atoms with Gasteiger partial charge in [-0.1, -0.05) is 97.1 Å². The fourth-order valence-corrected chi connectivity index (χ4v) is 10.9. The molecule has 0 atom stereocenters. The van der Waals surface area contributed by atoms with Crippen LogP contribution in [0.2, 0.25) is 0 Å². The number of hydrogen-bond donors (Lipinski definition) is 0. The summed E-state index contributed by atoms with van der Waals surface area (Å²) >= 11 is 0. The maximum Gasteiger partial charge on any atom is 0.123 e. The van der Waals surface area contributed by atoms with Crippen molar-refractivity contribution in [2.24, 2.45) is 0 Å². The van der Waals surface area contributed by atoms with E-state index >= 15 is 0 Å². The molecule has 6 heteroatoms. The van der Waals surface area contributed by atoms with Gasteiger partial charge in [-0.25, -0.2) is 17.6 Å². The van der Waals surface area contributed by atoms with Gasteiger partial charge < -0.3 is 9.80 Å². The first-order chi connectivity index (χ1) is 35.9. The summed E-state index contributed by atoms with van der Waals surface area (Å²) in [7, 11) is 0. The van der Waals surface area contributed by atoms with E-state index in [4.69, 9.17) is 0 Å². The zero-order valence-corrected chi connectivity index (χ0v) is 41.2. The van der Waals surface area contributed by atoms with Crippen LogP contribution in [-0.2, 0) is 0 Å². The fraction of sp³-hybridized carbons (Fsp3) is 0.0588. The number of anilines is 6. The van der Waals surface area contributed by atoms with Crippen molar-refractivity contribution in [3.05, 3.63) is 264 Å². The molecule has 0 aliphatic rings. The van der Waals surface area contributed by atoms with Crippen LogP contribution in [-0.4, -0.2) is 0 Å². The molecule has 12 rings (SSSR count). The maximum absolute atomic E-state index is 14.4. The molecule has 0 amide bonds. The van der Waals surface area contributed by atoms with E-state index in [0.717, 1.165) is 133 Å². The average molecular weight is 969 g/mol. The SMILES string of the molecule is Cc1cc(C)cc(N(c2cc(-c3ccc(F)cc3)cc(-c3ccc(F)cc3)c2)c2ccc3ccc4c(N(c5cc(C)cc(C)c5)c5cc(-c6ccc(F)cc6)cc(-c6ccc(F)cc6)c5)ccc5ccc2c3c54)c1. The van der Waals surface area contributed by atoms with Gasteiger partial charge >= 0.3 is 0 Å². The zero-order chi connectivity index (χ0) is 50.8. The molecule has 12 aromatic carbocycles. The first-order valence-electron chi connectivity index (χ1n) is 24.7. The fourth-order valence-electron chi connectivity index (χ4n) is 10.9. The second-order valence-electron chi connectivity index (χ2n) is 19.5. The summed E-state index contributed by atoms with van der Waals surface area (Å²) in [4.78, 5) is 4.62. The predicted octanol–water partition coefficient (Wildman–Crippen LogP) is 20.0. The third-order valence-electron chi connectivity index (χ3n) is 14.1. The summed E-state index contributed by atoms with van der Waals surface area (Å²) in [5, 5.41) is 6.47. The van der Waals surface area contributed by atoms with Crippen LogP contribution < -0.4 is 9.80 Å². The van der Waals surface area contributed by atoms with E-state index in [0.29, 0.717) is 0 Å². The molecule has 0 heterocycles. The van der Waals surface area contributed by atoms with Gasteiger partial charge in [0, 0.05) is 33.5 Å². The van der Waals surface area contributed by atoms with Crippen molar-refractivity contribution in [1.82, 2.24) is 0 Å². The van der Waals surface area contributed by atoms with Crippen molar-refractivity contribution in [1.29, 1.82) is 0 Å². The van der Waals surface area contributed by atoms with Crippen molar-refractivity contribution in [3.8, 4) is 44.5 Å². The van der Waals surface area contributed by atoms with Crippen LogP contribution in [0.4, 0.5) is 51.7 Å². The van der Waals surface area contributed by atoms with Gasteiger partial charge in [0.25, 0.3) is 0 Å². The Labute approximate surface area is 428 Å². The summed E-state index contributed by atoms with van der Waals surface area (Å²) in [6.07, 6.45) is 0. The van der Waals surface area contributed by atoms with Crippen molar-refractivity contribution >= 4 is 66.4 Å². The van der Waals surface area contributed by atoms with Gasteiger partial charge in [0.2, 0.25) is 0 Å². The van der Waals surface area contributed by atoms with Crippen molar-refractivity contribution in [3.63, 3.8) is 0 Å². The number of rotatable bonds is 10. The number of aryl methyl sites for hydroxylation is 4. The molecule has 0 spiro atoms. The molecule has 0 N–H and O–H groups in total. The standard InChI is InChI=1S/C68H48F4N2/c1-41-29-42(2)32-59(31-41)73(61-37-51(45-5-17-55(69)18-6-45)35-52(38-61)46-7-19-56(70)20-8-46)65-27-15-49-14-26-64-66(28-16-50-13-25-63(65)67(49)68(50)64)74(60-33-43(3)30-44(4)34-60)62-39-53(47-9-21-57(71)22-10-47)36-54(40-62)48-11-23-58(72)24-12-48/h5-40H,1-4H3. The molecule has 12 aromatic rings. The van der Waals surface area contributed by atoms with E-state index in [1.165, 1.54) is 48.5 Å². The Morgan fingerprint density at radius 3 is 0.784 bits per heavy atom. The van der Waals surface area contributed by atoms with Crippen LogP contribution in [0.5, 0.6) is 0 Å². The lowest BCUT2D eigenvalue weighted by molar-refractivity contribution is 0.627. The van der Waals surface area contributed by atoms with E-state index in [1.54, 1.807) is 48.5 Å². The average Bonchev–Trinajstić information content (AvgIpc) is 3.39. The second-order valence-corrected chi connectivity index (χ2v) is 19.5. The van der Waals surface area contributed by atoms with Gasteiger partial charge in [0.1, 0.15) is 23.3 Å². The minimum atomic E-state index is -0.317. The number of benzene rings is 12. The number of nitrogens with zero attached hydrogens (tertiary/aromatic N) is 2. The smallest absolute Gasteiger partial charge is 0.123 e. The van der Waals surface area contributed by atoms with Crippen molar-refractivity contribution in [2.75, 3.05) is 9.80 Å². The lowest BCUT2D eigenvalue weighted by Gasteiger charge is -2.31. The van der Waals surface area contributed by atoms with Gasteiger partial charge in [-0.05, 0) is 237 Å². The highest BCUT2D eigenvalue weighted by molar-refractivity contribution is 6.28. The Balaban J connectivity index is 1.11. The van der Waals surface area contributed by atoms with Gasteiger partial charge in [0.05, 0.1) is 11.4 Å². The summed E-state index contributed by atoms with van der Waals surface area (Å²) in [6.45, 7) is 8.44. The number of hydrogen-bond acceptors (Lipinski definition) is 2. The lowest BCUT2D eigenvalue weighted by atomic mass is 9.91. The minimum absolute atomic E-state index is 0.317. The molecule has 74 heavy (non-hydrogen) atoms. The molecular weight excluding hydrogens is 921 g/mol. The maximum atomic E-state index is 14.4. The summed E-state index contributed by atoms with van der Waals surface area (Å²) < 4.78 is 57.7. The molecular formula is C68H48F4N2. The van der Waals surface area contributed by atoms with E-state index in [1.807, 2.05) is 0 Å². The summed E-state index contributed by atoms with van der Waals surface area (Å²) in [5.74, 6) is -1.27. The van der Waals surface area contributed by atoms with E-state index in [9.17, 15) is 17.6 Å². The van der Waals surface area contributed by atoms with Crippen LogP contribution in [0.25, 0.3) is 76.8 Å². The van der Waals surface area contributed by atoms with Gasteiger partial charge in [0.15, 0.2) is 0 Å². The highest BCUT2D eigenvalue weighted by atomic mass is 19.1. The highest BCUT2D eigenvalue weighted by Crippen LogP contribution is 2.49. The molecule has 358 valence electrons. The molecule has 0 aliphatic carbocycles. The molecule has 0 aliphatic heterocycles. The molecule has 0 aromatic heterocycles. The quantitative estimate of drug-likeness (QED) is 0.0995. The van der Waals surface area contributed by atoms with Crippen LogP contribution in [0.15, 0.2) is 218 Å². The van der Waals surface area contributed by atoms with Crippen LogP contribution >= 0.6 is 0 Å². The van der Waals surface area contributed by atoms with Crippen molar-refractivity contribution < 1.29 is 17.6 Å². The van der Waals surface area contributed by atoms with Crippen molar-refractivity contribution in [2.45, 2.75) is 27.7 Å². The second kappa shape index (κ2) is 18.6. The Bertz CT molecular complexity index is 3650. The Morgan fingerprint density at radius 2 is 0.500 bits per heavy atom. The van der Waals surface area contributed by atoms with Gasteiger partial charge in [-0.2, -0.15) is 0 Å². The van der Waals surface area contributed by atoms with Gasteiger partial charge in [-0.15, -0.1) is 0 Å². The normalized spacial score (nSPS) is 11.5. The Hall–Kier alpha value is -9.00.